The number of nitrogens with zero attached hydrogens (tertiary/aromatic N) is 3. The number of halogens is 1. The van der Waals surface area contributed by atoms with Crippen molar-refractivity contribution in [2.45, 2.75) is 26.8 Å². The maximum Gasteiger partial charge on any atom is 0.172 e. The second-order valence-corrected chi connectivity index (χ2v) is 5.36. The quantitative estimate of drug-likeness (QED) is 0.790. The van der Waals surface area contributed by atoms with E-state index in [0.29, 0.717) is 23.2 Å². The lowest BCUT2D eigenvalue weighted by molar-refractivity contribution is 0.111. The van der Waals surface area contributed by atoms with E-state index in [1.165, 1.54) is 0 Å². The molecule has 0 fully saturated rings. The van der Waals surface area contributed by atoms with Crippen LogP contribution < -0.4 is 0 Å². The Morgan fingerprint density at radius 3 is 2.84 bits per heavy atom. The summed E-state index contributed by atoms with van der Waals surface area (Å²) >= 11 is 5.97. The van der Waals surface area contributed by atoms with Gasteiger partial charge in [0.2, 0.25) is 0 Å². The second kappa shape index (κ2) is 5.97. The van der Waals surface area contributed by atoms with E-state index < -0.39 is 0 Å². The van der Waals surface area contributed by atoms with Crippen molar-refractivity contribution in [3.8, 4) is 0 Å². The molecule has 4 nitrogen and oxygen atoms in total. The molecular weight excluding hydrogens is 262 g/mol. The van der Waals surface area contributed by atoms with Crippen molar-refractivity contribution in [1.82, 2.24) is 15.0 Å². The molecule has 0 aliphatic carbocycles. The minimum absolute atomic E-state index is 0.427. The van der Waals surface area contributed by atoms with E-state index in [0.717, 1.165) is 24.0 Å². The molecule has 1 aromatic carbocycles. The van der Waals surface area contributed by atoms with Gasteiger partial charge in [-0.1, -0.05) is 42.8 Å². The summed E-state index contributed by atoms with van der Waals surface area (Å²) < 4.78 is 1.77. The molecule has 1 aromatic heterocycles. The molecule has 0 radical (unpaired) electrons. The Morgan fingerprint density at radius 1 is 1.42 bits per heavy atom. The number of benzene rings is 1. The third-order valence-electron chi connectivity index (χ3n) is 2.80. The predicted octanol–water partition coefficient (Wildman–Crippen LogP) is 2.99. The van der Waals surface area contributed by atoms with E-state index in [1.54, 1.807) is 4.68 Å². The molecule has 2 aromatic rings. The number of carbonyl (C=O) groups excluding carboxylic acids is 1. The van der Waals surface area contributed by atoms with Gasteiger partial charge < -0.3 is 0 Å². The number of carbonyl (C=O) groups is 1. The van der Waals surface area contributed by atoms with Gasteiger partial charge in [0.15, 0.2) is 6.29 Å². The molecule has 0 saturated carbocycles. The van der Waals surface area contributed by atoms with Gasteiger partial charge in [-0.3, -0.25) is 4.79 Å². The fraction of sp³-hybridized carbons (Fsp3) is 0.357. The lowest BCUT2D eigenvalue weighted by atomic mass is 10.1. The van der Waals surface area contributed by atoms with Gasteiger partial charge in [-0.15, -0.1) is 5.10 Å². The van der Waals surface area contributed by atoms with E-state index >= 15 is 0 Å². The monoisotopic (exact) mass is 277 g/mol. The molecule has 100 valence electrons. The first kappa shape index (κ1) is 13.7. The van der Waals surface area contributed by atoms with Crippen molar-refractivity contribution in [2.24, 2.45) is 5.92 Å². The van der Waals surface area contributed by atoms with Crippen LogP contribution in [-0.4, -0.2) is 21.3 Å². The van der Waals surface area contributed by atoms with Crippen LogP contribution in [0.15, 0.2) is 24.3 Å². The molecule has 2 rings (SSSR count). The Kier molecular flexibility index (Phi) is 4.32. The average Bonchev–Trinajstić information content (AvgIpc) is 2.71. The molecule has 0 spiro atoms. The molecule has 0 amide bonds. The van der Waals surface area contributed by atoms with Gasteiger partial charge in [0.05, 0.1) is 12.2 Å². The summed E-state index contributed by atoms with van der Waals surface area (Å²) in [5, 5.41) is 8.67. The SMILES string of the molecule is CC(C)Cc1c(C=O)nnn1Cc1cccc(Cl)c1. The van der Waals surface area contributed by atoms with Gasteiger partial charge in [0, 0.05) is 5.02 Å². The molecule has 0 saturated heterocycles. The van der Waals surface area contributed by atoms with Gasteiger partial charge >= 0.3 is 0 Å². The van der Waals surface area contributed by atoms with E-state index in [-0.39, 0.29) is 0 Å². The Bertz CT molecular complexity index is 578. The predicted molar refractivity (Wildman–Crippen MR) is 74.5 cm³/mol. The van der Waals surface area contributed by atoms with Crippen LogP contribution in [0, 0.1) is 5.92 Å². The van der Waals surface area contributed by atoms with Crippen molar-refractivity contribution < 1.29 is 4.79 Å². The van der Waals surface area contributed by atoms with Crippen LogP contribution >= 0.6 is 11.6 Å². The molecular formula is C14H16ClN3O. The fourth-order valence-electron chi connectivity index (χ4n) is 1.97. The highest BCUT2D eigenvalue weighted by molar-refractivity contribution is 6.30. The van der Waals surface area contributed by atoms with Crippen LogP contribution in [0.3, 0.4) is 0 Å². The third kappa shape index (κ3) is 3.41. The van der Waals surface area contributed by atoms with Crippen molar-refractivity contribution in [3.63, 3.8) is 0 Å². The van der Waals surface area contributed by atoms with Gasteiger partial charge in [-0.25, -0.2) is 4.68 Å². The lowest BCUT2D eigenvalue weighted by Crippen LogP contribution is -2.10. The minimum atomic E-state index is 0.427. The minimum Gasteiger partial charge on any atom is -0.296 e. The first-order chi connectivity index (χ1) is 9.10. The number of aldehydes is 1. The fourth-order valence-corrected chi connectivity index (χ4v) is 2.18. The van der Waals surface area contributed by atoms with Gasteiger partial charge in [0.1, 0.15) is 5.69 Å². The molecule has 1 heterocycles. The zero-order chi connectivity index (χ0) is 13.8. The normalized spacial score (nSPS) is 10.9. The summed E-state index contributed by atoms with van der Waals surface area (Å²) in [4.78, 5) is 11.0. The van der Waals surface area contributed by atoms with Crippen molar-refractivity contribution >= 4 is 17.9 Å². The van der Waals surface area contributed by atoms with Gasteiger partial charge in [-0.05, 0) is 30.0 Å². The van der Waals surface area contributed by atoms with E-state index in [2.05, 4.69) is 24.2 Å². The molecule has 0 N–H and O–H groups in total. The summed E-state index contributed by atoms with van der Waals surface area (Å²) in [7, 11) is 0. The summed E-state index contributed by atoms with van der Waals surface area (Å²) in [6.45, 7) is 4.78. The standard InChI is InChI=1S/C14H16ClN3O/c1-10(2)6-14-13(9-19)16-17-18(14)8-11-4-3-5-12(15)7-11/h3-5,7,9-10H,6,8H2,1-2H3. The van der Waals surface area contributed by atoms with Crippen LogP contribution in [0.2, 0.25) is 5.02 Å². The zero-order valence-corrected chi connectivity index (χ0v) is 11.8. The van der Waals surface area contributed by atoms with Gasteiger partial charge in [0.25, 0.3) is 0 Å². The summed E-state index contributed by atoms with van der Waals surface area (Å²) in [6, 6.07) is 7.60. The molecule has 0 atom stereocenters. The molecule has 0 bridgehead atoms. The summed E-state index contributed by atoms with van der Waals surface area (Å²) in [5.74, 6) is 0.440. The highest BCUT2D eigenvalue weighted by atomic mass is 35.5. The van der Waals surface area contributed by atoms with E-state index in [9.17, 15) is 4.79 Å². The average molecular weight is 278 g/mol. The third-order valence-corrected chi connectivity index (χ3v) is 3.04. The topological polar surface area (TPSA) is 47.8 Å². The lowest BCUT2D eigenvalue weighted by Gasteiger charge is -2.09. The first-order valence-corrected chi connectivity index (χ1v) is 6.60. The van der Waals surface area contributed by atoms with Crippen molar-refractivity contribution in [1.29, 1.82) is 0 Å². The number of hydrogen-bond acceptors (Lipinski definition) is 3. The van der Waals surface area contributed by atoms with Crippen LogP contribution in [0.5, 0.6) is 0 Å². The number of rotatable bonds is 5. The summed E-state index contributed by atoms with van der Waals surface area (Å²) in [6.07, 6.45) is 1.54. The molecule has 5 heteroatoms. The van der Waals surface area contributed by atoms with Crippen LogP contribution in [0.1, 0.15) is 35.6 Å². The van der Waals surface area contributed by atoms with Crippen LogP contribution in [0.25, 0.3) is 0 Å². The van der Waals surface area contributed by atoms with E-state index in [4.69, 9.17) is 11.6 Å². The Hall–Kier alpha value is -1.68. The maximum absolute atomic E-state index is 11.0. The largest absolute Gasteiger partial charge is 0.296 e. The Labute approximate surface area is 117 Å². The maximum atomic E-state index is 11.0. The molecule has 0 aliphatic heterocycles. The number of hydrogen-bond donors (Lipinski definition) is 0. The molecule has 19 heavy (non-hydrogen) atoms. The van der Waals surface area contributed by atoms with Crippen LogP contribution in [-0.2, 0) is 13.0 Å². The highest BCUT2D eigenvalue weighted by Gasteiger charge is 2.14. The molecule has 0 aliphatic rings. The second-order valence-electron chi connectivity index (χ2n) is 4.92. The van der Waals surface area contributed by atoms with Crippen molar-refractivity contribution in [3.05, 3.63) is 46.2 Å². The van der Waals surface area contributed by atoms with Gasteiger partial charge in [-0.2, -0.15) is 0 Å². The Balaban J connectivity index is 2.29. The molecule has 0 unspecified atom stereocenters. The van der Waals surface area contributed by atoms with Crippen LogP contribution in [0.4, 0.5) is 0 Å². The number of aromatic nitrogens is 3. The Morgan fingerprint density at radius 2 is 2.21 bits per heavy atom. The van der Waals surface area contributed by atoms with Crippen molar-refractivity contribution in [2.75, 3.05) is 0 Å². The first-order valence-electron chi connectivity index (χ1n) is 6.22. The zero-order valence-electron chi connectivity index (χ0n) is 11.0. The van der Waals surface area contributed by atoms with E-state index in [1.807, 2.05) is 24.3 Å². The highest BCUT2D eigenvalue weighted by Crippen LogP contribution is 2.15. The summed E-state index contributed by atoms with van der Waals surface area (Å²) in [5.41, 5.74) is 2.35. The smallest absolute Gasteiger partial charge is 0.172 e.